The van der Waals surface area contributed by atoms with Gasteiger partial charge in [0.05, 0.1) is 0 Å². The average Bonchev–Trinajstić information content (AvgIpc) is 3.98. The van der Waals surface area contributed by atoms with Crippen LogP contribution >= 0.6 is 0 Å². The Bertz CT molecular complexity index is 4860. The van der Waals surface area contributed by atoms with Crippen LogP contribution in [0.5, 0.6) is 0 Å². The molecular formula is C78H52F2. The van der Waals surface area contributed by atoms with Crippen LogP contribution in [0.25, 0.3) is 143 Å². The summed E-state index contributed by atoms with van der Waals surface area (Å²) in [5.41, 5.74) is 20.8. The minimum Gasteiger partial charge on any atom is -0.207 e. The van der Waals surface area contributed by atoms with Crippen molar-refractivity contribution >= 4 is 64.6 Å². The minimum absolute atomic E-state index is 0.118. The number of rotatable bonds is 5. The maximum Gasteiger partial charge on any atom is 0.133 e. The van der Waals surface area contributed by atoms with Crippen LogP contribution in [0.4, 0.5) is 8.78 Å². The van der Waals surface area contributed by atoms with E-state index in [-0.39, 0.29) is 10.8 Å². The second-order valence-corrected chi connectivity index (χ2v) is 23.2. The van der Waals surface area contributed by atoms with Gasteiger partial charge in [-0.15, -0.1) is 0 Å². The summed E-state index contributed by atoms with van der Waals surface area (Å²) in [6.07, 6.45) is 0. The van der Waals surface area contributed by atoms with Gasteiger partial charge in [-0.3, -0.25) is 0 Å². The second-order valence-electron chi connectivity index (χ2n) is 23.2. The predicted octanol–water partition coefficient (Wildman–Crippen LogP) is 21.8. The molecule has 0 radical (unpaired) electrons. The quantitative estimate of drug-likeness (QED) is 0.151. The molecule has 0 atom stereocenters. The van der Waals surface area contributed by atoms with E-state index in [0.29, 0.717) is 5.56 Å². The number of hydrogen-bond acceptors (Lipinski definition) is 0. The SMILES string of the molecule is CC1(C)c2ccccc2-c2ccc(-c3c4ccccc4c(-c4c5ccccc5c(-c5ccc6c(c5)C(C)(C)c5cc(-c7c8ccccc8c(-c8ccc(F)cc8F)c8ccccc78)ccc5-6)c5ccccc45)c4ccccc34)cc21. The van der Waals surface area contributed by atoms with Crippen LogP contribution in [0.15, 0.2) is 243 Å². The van der Waals surface area contributed by atoms with E-state index in [2.05, 4.69) is 240 Å². The Hall–Kier alpha value is -9.50. The van der Waals surface area contributed by atoms with Crippen molar-refractivity contribution in [1.29, 1.82) is 0 Å². The molecule has 0 bridgehead atoms. The molecule has 0 spiro atoms. The first-order chi connectivity index (χ1) is 39.1. The van der Waals surface area contributed by atoms with Crippen molar-refractivity contribution in [2.45, 2.75) is 38.5 Å². The van der Waals surface area contributed by atoms with Crippen molar-refractivity contribution < 1.29 is 8.78 Å². The summed E-state index contributed by atoms with van der Waals surface area (Å²) >= 11 is 0. The van der Waals surface area contributed by atoms with E-state index in [1.54, 1.807) is 6.07 Å². The molecule has 0 nitrogen and oxygen atoms in total. The van der Waals surface area contributed by atoms with Crippen LogP contribution in [0.1, 0.15) is 49.9 Å². The lowest BCUT2D eigenvalue weighted by Gasteiger charge is -2.25. The molecule has 378 valence electrons. The molecule has 16 rings (SSSR count). The molecule has 2 aliphatic rings. The standard InChI is InChI=1S/C78H52F2/c1-77(2)66-32-18-17-19-49(66)50-37-33-45(41-67(50)77)72-55-22-7-13-28-61(55)75(62-29-14-8-23-56(62)72)76-63-30-15-9-24-57(63)73(58-25-10-16-31-64(58)76)47-35-39-52-51-38-34-46(42-68(51)78(3,4)69(52)43-47)71-53-20-5-11-26-59(53)74(60-27-12-6-21-54(60)71)65-40-36-48(79)44-70(65)80/h5-44H,1-4H3. The zero-order chi connectivity index (χ0) is 53.8. The van der Waals surface area contributed by atoms with Gasteiger partial charge in [0, 0.05) is 28.0 Å². The first-order valence-corrected chi connectivity index (χ1v) is 27.9. The van der Waals surface area contributed by atoms with Gasteiger partial charge in [0.15, 0.2) is 0 Å². The lowest BCUT2D eigenvalue weighted by Crippen LogP contribution is -2.15. The summed E-state index contributed by atoms with van der Waals surface area (Å²) in [6, 6.07) is 86.9. The monoisotopic (exact) mass is 1030 g/mol. The molecule has 0 saturated carbocycles. The van der Waals surface area contributed by atoms with E-state index in [9.17, 15) is 4.39 Å². The first kappa shape index (κ1) is 46.6. The van der Waals surface area contributed by atoms with Crippen LogP contribution in [0.2, 0.25) is 0 Å². The topological polar surface area (TPSA) is 0 Å². The molecular weight excluding hydrogens is 975 g/mol. The van der Waals surface area contributed by atoms with E-state index >= 15 is 4.39 Å². The summed E-state index contributed by atoms with van der Waals surface area (Å²) < 4.78 is 30.1. The Kier molecular flexibility index (Phi) is 9.90. The third kappa shape index (κ3) is 6.48. The summed E-state index contributed by atoms with van der Waals surface area (Å²) in [6.45, 7) is 9.47. The normalized spacial score (nSPS) is 13.8. The second kappa shape index (κ2) is 17.0. The van der Waals surface area contributed by atoms with Crippen molar-refractivity contribution in [3.63, 3.8) is 0 Å². The van der Waals surface area contributed by atoms with Crippen LogP contribution in [-0.4, -0.2) is 0 Å². The molecule has 0 saturated heterocycles. The largest absolute Gasteiger partial charge is 0.207 e. The van der Waals surface area contributed by atoms with Crippen LogP contribution in [-0.2, 0) is 10.8 Å². The van der Waals surface area contributed by atoms with Gasteiger partial charge in [-0.05, 0) is 184 Å². The van der Waals surface area contributed by atoms with Crippen molar-refractivity contribution in [3.8, 4) is 77.9 Å². The molecule has 0 N–H and O–H groups in total. The number of fused-ring (bicyclic) bond motifs is 12. The summed E-state index contributed by atoms with van der Waals surface area (Å²) in [7, 11) is 0. The predicted molar refractivity (Wildman–Crippen MR) is 334 cm³/mol. The number of hydrogen-bond donors (Lipinski definition) is 0. The molecule has 0 aliphatic heterocycles. The van der Waals surface area contributed by atoms with Gasteiger partial charge in [0.25, 0.3) is 0 Å². The van der Waals surface area contributed by atoms with E-state index in [1.807, 2.05) is 12.1 Å². The molecule has 0 heterocycles. The Morgan fingerprint density at radius 2 is 0.487 bits per heavy atom. The Balaban J connectivity index is 0.863. The Morgan fingerprint density at radius 1 is 0.225 bits per heavy atom. The molecule has 14 aromatic carbocycles. The van der Waals surface area contributed by atoms with Crippen molar-refractivity contribution in [2.75, 3.05) is 0 Å². The van der Waals surface area contributed by atoms with Crippen molar-refractivity contribution in [1.82, 2.24) is 0 Å². The average molecular weight is 1030 g/mol. The molecule has 0 unspecified atom stereocenters. The fourth-order valence-electron chi connectivity index (χ4n) is 14.7. The molecule has 0 fully saturated rings. The molecule has 2 aliphatic carbocycles. The maximum absolute atomic E-state index is 15.8. The molecule has 14 aromatic rings. The van der Waals surface area contributed by atoms with E-state index < -0.39 is 11.6 Å². The van der Waals surface area contributed by atoms with Crippen molar-refractivity contribution in [3.05, 3.63) is 277 Å². The van der Waals surface area contributed by atoms with Gasteiger partial charge in [-0.25, -0.2) is 8.78 Å². The van der Waals surface area contributed by atoms with Gasteiger partial charge in [0.2, 0.25) is 0 Å². The van der Waals surface area contributed by atoms with E-state index in [0.717, 1.165) is 44.3 Å². The van der Waals surface area contributed by atoms with Crippen molar-refractivity contribution in [2.24, 2.45) is 0 Å². The lowest BCUT2D eigenvalue weighted by molar-refractivity contribution is 0.586. The highest BCUT2D eigenvalue weighted by molar-refractivity contribution is 6.30. The van der Waals surface area contributed by atoms with Crippen LogP contribution in [0, 0.1) is 11.6 Å². The molecule has 0 aromatic heterocycles. The molecule has 2 heteroatoms. The van der Waals surface area contributed by atoms with Gasteiger partial charge in [-0.2, -0.15) is 0 Å². The van der Waals surface area contributed by atoms with Gasteiger partial charge >= 0.3 is 0 Å². The lowest BCUT2D eigenvalue weighted by atomic mass is 9.78. The minimum atomic E-state index is -0.590. The fraction of sp³-hybridized carbons (Fsp3) is 0.0769. The molecule has 80 heavy (non-hydrogen) atoms. The van der Waals surface area contributed by atoms with Crippen LogP contribution in [0.3, 0.4) is 0 Å². The first-order valence-electron chi connectivity index (χ1n) is 27.9. The fourth-order valence-corrected chi connectivity index (χ4v) is 14.7. The zero-order valence-corrected chi connectivity index (χ0v) is 44.8. The summed E-state index contributed by atoms with van der Waals surface area (Å²) in [5.74, 6) is -1.16. The Morgan fingerprint density at radius 3 is 0.825 bits per heavy atom. The Labute approximate surface area is 463 Å². The summed E-state index contributed by atoms with van der Waals surface area (Å²) in [4.78, 5) is 0. The van der Waals surface area contributed by atoms with Gasteiger partial charge in [-0.1, -0.05) is 234 Å². The summed E-state index contributed by atoms with van der Waals surface area (Å²) in [5, 5.41) is 13.7. The van der Waals surface area contributed by atoms with Crippen LogP contribution < -0.4 is 0 Å². The third-order valence-electron chi connectivity index (χ3n) is 18.4. The highest BCUT2D eigenvalue weighted by Crippen LogP contribution is 2.56. The third-order valence-corrected chi connectivity index (χ3v) is 18.4. The smallest absolute Gasteiger partial charge is 0.133 e. The van der Waals surface area contributed by atoms with Gasteiger partial charge in [0.1, 0.15) is 11.6 Å². The highest BCUT2D eigenvalue weighted by atomic mass is 19.1. The zero-order valence-electron chi connectivity index (χ0n) is 44.8. The number of benzene rings is 14. The molecule has 0 amide bonds. The number of halogens is 2. The van der Waals surface area contributed by atoms with E-state index in [1.165, 1.54) is 127 Å². The van der Waals surface area contributed by atoms with E-state index in [4.69, 9.17) is 0 Å². The highest BCUT2D eigenvalue weighted by Gasteiger charge is 2.38. The van der Waals surface area contributed by atoms with Gasteiger partial charge < -0.3 is 0 Å². The maximum atomic E-state index is 15.8.